The van der Waals surface area contributed by atoms with Crippen LogP contribution in [0.5, 0.6) is 0 Å². The molecule has 0 spiro atoms. The first kappa shape index (κ1) is 13.6. The van der Waals surface area contributed by atoms with Crippen LogP contribution < -0.4 is 5.32 Å². The maximum Gasteiger partial charge on any atom is 0.0737 e. The molecule has 0 fully saturated rings. The number of pyridine rings is 1. The number of aromatic nitrogens is 1. The highest BCUT2D eigenvalue weighted by Gasteiger charge is 2.19. The molecule has 1 heterocycles. The first-order chi connectivity index (χ1) is 9.81. The van der Waals surface area contributed by atoms with E-state index in [9.17, 15) is 0 Å². The van der Waals surface area contributed by atoms with Crippen LogP contribution in [0.15, 0.2) is 18.2 Å². The fourth-order valence-corrected chi connectivity index (χ4v) is 3.24. The summed E-state index contributed by atoms with van der Waals surface area (Å²) in [5.74, 6) is 0. The van der Waals surface area contributed by atoms with Gasteiger partial charge in [0.1, 0.15) is 0 Å². The Balaban J connectivity index is 2.01. The topological polar surface area (TPSA) is 24.9 Å². The molecule has 0 atom stereocenters. The number of rotatable bonds is 5. The van der Waals surface area contributed by atoms with E-state index in [4.69, 9.17) is 4.98 Å². The highest BCUT2D eigenvalue weighted by molar-refractivity contribution is 5.86. The van der Waals surface area contributed by atoms with Crippen LogP contribution in [0, 0.1) is 6.92 Å². The Morgan fingerprint density at radius 2 is 2.15 bits per heavy atom. The molecule has 1 aromatic heterocycles. The van der Waals surface area contributed by atoms with Crippen molar-refractivity contribution in [2.24, 2.45) is 0 Å². The van der Waals surface area contributed by atoms with Crippen LogP contribution in [-0.2, 0) is 19.4 Å². The van der Waals surface area contributed by atoms with Gasteiger partial charge >= 0.3 is 0 Å². The summed E-state index contributed by atoms with van der Waals surface area (Å²) in [6.07, 6.45) is 6.13. The summed E-state index contributed by atoms with van der Waals surface area (Å²) in [4.78, 5) is 4.93. The summed E-state index contributed by atoms with van der Waals surface area (Å²) in [6, 6.07) is 6.58. The molecule has 0 unspecified atom stereocenters. The van der Waals surface area contributed by atoms with Crippen molar-refractivity contribution in [2.45, 2.75) is 52.5 Å². The molecule has 20 heavy (non-hydrogen) atoms. The molecule has 0 aliphatic heterocycles. The van der Waals surface area contributed by atoms with Crippen LogP contribution in [0.25, 0.3) is 10.9 Å². The smallest absolute Gasteiger partial charge is 0.0737 e. The number of hydrogen-bond donors (Lipinski definition) is 1. The van der Waals surface area contributed by atoms with E-state index in [2.05, 4.69) is 37.4 Å². The van der Waals surface area contributed by atoms with Crippen LogP contribution in [-0.4, -0.2) is 11.5 Å². The van der Waals surface area contributed by atoms with E-state index < -0.39 is 0 Å². The van der Waals surface area contributed by atoms with Crippen molar-refractivity contribution in [1.29, 1.82) is 0 Å². The number of nitrogens with zero attached hydrogens (tertiary/aromatic N) is 1. The van der Waals surface area contributed by atoms with Crippen molar-refractivity contribution in [3.63, 3.8) is 0 Å². The van der Waals surface area contributed by atoms with Gasteiger partial charge in [0.25, 0.3) is 0 Å². The van der Waals surface area contributed by atoms with E-state index in [1.807, 2.05) is 0 Å². The molecule has 1 aromatic carbocycles. The number of unbranched alkanes of at least 4 members (excludes halogenated alkanes) is 1. The maximum atomic E-state index is 4.93. The molecule has 0 bridgehead atoms. The fourth-order valence-electron chi connectivity index (χ4n) is 3.24. The standard InChI is InChI=1S/C18H24N2/c1-3-4-11-19-12-16-14-8-6-10-17(14)20-18-13(2)7-5-9-15(16)18/h5,7,9,19H,3-4,6,8,10-12H2,1-2H3. The minimum Gasteiger partial charge on any atom is -0.313 e. The van der Waals surface area contributed by atoms with Gasteiger partial charge in [-0.25, -0.2) is 0 Å². The molecule has 106 valence electrons. The van der Waals surface area contributed by atoms with Crippen LogP contribution in [0.3, 0.4) is 0 Å². The van der Waals surface area contributed by atoms with E-state index in [1.165, 1.54) is 59.0 Å². The zero-order chi connectivity index (χ0) is 13.9. The Morgan fingerprint density at radius 1 is 1.25 bits per heavy atom. The van der Waals surface area contributed by atoms with Gasteiger partial charge in [-0.1, -0.05) is 31.5 Å². The van der Waals surface area contributed by atoms with Crippen molar-refractivity contribution in [3.8, 4) is 0 Å². The first-order valence-corrected chi connectivity index (χ1v) is 7.92. The molecule has 1 aliphatic rings. The molecule has 0 saturated carbocycles. The van der Waals surface area contributed by atoms with Crippen molar-refractivity contribution in [3.05, 3.63) is 40.6 Å². The first-order valence-electron chi connectivity index (χ1n) is 7.92. The van der Waals surface area contributed by atoms with Gasteiger partial charge in [0, 0.05) is 17.6 Å². The molecule has 1 aliphatic carbocycles. The Hall–Kier alpha value is -1.41. The van der Waals surface area contributed by atoms with Crippen LogP contribution >= 0.6 is 0 Å². The lowest BCUT2D eigenvalue weighted by Gasteiger charge is -2.14. The van der Waals surface area contributed by atoms with Crippen molar-refractivity contribution in [1.82, 2.24) is 10.3 Å². The molecular formula is C18H24N2. The van der Waals surface area contributed by atoms with Gasteiger partial charge in [-0.05, 0) is 55.8 Å². The summed E-state index contributed by atoms with van der Waals surface area (Å²) >= 11 is 0. The zero-order valence-electron chi connectivity index (χ0n) is 12.6. The van der Waals surface area contributed by atoms with E-state index in [0.717, 1.165) is 19.5 Å². The second-order valence-electron chi connectivity index (χ2n) is 5.87. The van der Waals surface area contributed by atoms with Crippen LogP contribution in [0.4, 0.5) is 0 Å². The lowest BCUT2D eigenvalue weighted by molar-refractivity contribution is 0.640. The van der Waals surface area contributed by atoms with E-state index in [-0.39, 0.29) is 0 Å². The lowest BCUT2D eigenvalue weighted by atomic mass is 9.99. The van der Waals surface area contributed by atoms with Gasteiger partial charge in [0.05, 0.1) is 5.52 Å². The summed E-state index contributed by atoms with van der Waals surface area (Å²) in [6.45, 7) is 6.52. The Labute approximate surface area is 121 Å². The molecule has 2 heteroatoms. The van der Waals surface area contributed by atoms with Gasteiger partial charge in [0.15, 0.2) is 0 Å². The molecule has 0 radical (unpaired) electrons. The van der Waals surface area contributed by atoms with Gasteiger partial charge in [-0.3, -0.25) is 4.98 Å². The quantitative estimate of drug-likeness (QED) is 0.831. The number of fused-ring (bicyclic) bond motifs is 2. The van der Waals surface area contributed by atoms with Gasteiger partial charge in [-0.2, -0.15) is 0 Å². The Bertz CT molecular complexity index is 616. The number of hydrogen-bond acceptors (Lipinski definition) is 2. The average molecular weight is 268 g/mol. The van der Waals surface area contributed by atoms with E-state index in [1.54, 1.807) is 0 Å². The molecule has 2 nitrogen and oxygen atoms in total. The predicted molar refractivity (Wildman–Crippen MR) is 85.1 cm³/mol. The summed E-state index contributed by atoms with van der Waals surface area (Å²) in [5.41, 5.74) is 6.88. The number of para-hydroxylation sites is 1. The third kappa shape index (κ3) is 2.45. The molecular weight excluding hydrogens is 244 g/mol. The number of aryl methyl sites for hydroxylation is 2. The van der Waals surface area contributed by atoms with E-state index in [0.29, 0.717) is 0 Å². The minimum atomic E-state index is 0.991. The van der Waals surface area contributed by atoms with Crippen LogP contribution in [0.1, 0.15) is 48.6 Å². The molecule has 2 aromatic rings. The molecule has 3 rings (SSSR count). The SMILES string of the molecule is CCCCNCc1c2c(nc3c(C)cccc13)CCC2. The van der Waals surface area contributed by atoms with Gasteiger partial charge in [0.2, 0.25) is 0 Å². The Morgan fingerprint density at radius 3 is 3.00 bits per heavy atom. The van der Waals surface area contributed by atoms with Crippen LogP contribution in [0.2, 0.25) is 0 Å². The second kappa shape index (κ2) is 5.92. The third-order valence-electron chi connectivity index (χ3n) is 4.37. The van der Waals surface area contributed by atoms with Crippen molar-refractivity contribution < 1.29 is 0 Å². The van der Waals surface area contributed by atoms with Gasteiger partial charge < -0.3 is 5.32 Å². The predicted octanol–water partition coefficient (Wildman–Crippen LogP) is 3.92. The molecule has 0 amide bonds. The Kier molecular flexibility index (Phi) is 4.02. The number of benzene rings is 1. The highest BCUT2D eigenvalue weighted by Crippen LogP contribution is 2.31. The van der Waals surface area contributed by atoms with Gasteiger partial charge in [-0.15, -0.1) is 0 Å². The molecule has 0 saturated heterocycles. The maximum absolute atomic E-state index is 4.93. The lowest BCUT2D eigenvalue weighted by Crippen LogP contribution is -2.16. The summed E-state index contributed by atoms with van der Waals surface area (Å²) in [5, 5.41) is 4.97. The highest BCUT2D eigenvalue weighted by atomic mass is 14.9. The monoisotopic (exact) mass is 268 g/mol. The third-order valence-corrected chi connectivity index (χ3v) is 4.37. The summed E-state index contributed by atoms with van der Waals surface area (Å²) in [7, 11) is 0. The summed E-state index contributed by atoms with van der Waals surface area (Å²) < 4.78 is 0. The average Bonchev–Trinajstić information content (AvgIpc) is 2.92. The fraction of sp³-hybridized carbons (Fsp3) is 0.500. The normalized spacial score (nSPS) is 13.9. The molecule has 1 N–H and O–H groups in total. The second-order valence-corrected chi connectivity index (χ2v) is 5.87. The van der Waals surface area contributed by atoms with E-state index >= 15 is 0 Å². The van der Waals surface area contributed by atoms with Crippen molar-refractivity contribution in [2.75, 3.05) is 6.54 Å². The van der Waals surface area contributed by atoms with Crippen molar-refractivity contribution >= 4 is 10.9 Å². The largest absolute Gasteiger partial charge is 0.313 e. The zero-order valence-corrected chi connectivity index (χ0v) is 12.6. The minimum absolute atomic E-state index is 0.991. The number of nitrogens with one attached hydrogen (secondary N) is 1.